The molecule has 3 aromatic heterocycles. The van der Waals surface area contributed by atoms with Crippen LogP contribution in [0.15, 0.2) is 30.7 Å². The molecule has 5 rings (SSSR count). The molecule has 1 saturated heterocycles. The molecule has 1 aliphatic rings. The van der Waals surface area contributed by atoms with Crippen LogP contribution >= 0.6 is 11.3 Å². The largest absolute Gasteiger partial charge is 0.445 e. The van der Waals surface area contributed by atoms with Gasteiger partial charge in [-0.15, -0.1) is 10.2 Å². The minimum Gasteiger partial charge on any atom is -0.341 e. The lowest BCUT2D eigenvalue weighted by atomic mass is 10.1. The van der Waals surface area contributed by atoms with Gasteiger partial charge in [-0.05, 0) is 43.9 Å². The third-order valence-electron chi connectivity index (χ3n) is 5.64. The molecule has 36 heavy (non-hydrogen) atoms. The van der Waals surface area contributed by atoms with Crippen LogP contribution in [0, 0.1) is 6.92 Å². The summed E-state index contributed by atoms with van der Waals surface area (Å²) >= 11 is 0.257. The number of halogens is 3. The number of hydrogen-bond acceptors (Lipinski definition) is 10. The SMILES string of the molecule is Cc1ccc(C(=O)Nc2nnc(C(F)(F)F)s2)cc1Nc1ncnc2cnc(N3CCCCC3)nc12. The number of aryl methyl sites for hydroxylation is 1. The number of aromatic nitrogens is 6. The maximum atomic E-state index is 12.8. The van der Waals surface area contributed by atoms with Crippen molar-refractivity contribution in [2.45, 2.75) is 32.4 Å². The van der Waals surface area contributed by atoms with Crippen LogP contribution in [0.1, 0.15) is 40.2 Å². The standard InChI is InChI=1S/C22H20F3N9OS/c1-12-5-6-13(18(35)31-21-33-32-19(36-21)22(23,24)25)9-14(12)29-17-16-15(27-11-28-17)10-26-20(30-16)34-7-3-2-4-8-34/h5-6,9-11H,2-4,7-8H2,1H3,(H,27,28,29)(H,31,33,35). The normalized spacial score (nSPS) is 14.2. The summed E-state index contributed by atoms with van der Waals surface area (Å²) in [5.41, 5.74) is 2.72. The van der Waals surface area contributed by atoms with E-state index in [1.165, 1.54) is 12.7 Å². The number of benzene rings is 1. The zero-order chi connectivity index (χ0) is 25.3. The fourth-order valence-corrected chi connectivity index (χ4v) is 4.37. The average molecular weight is 516 g/mol. The van der Waals surface area contributed by atoms with Gasteiger partial charge in [0.2, 0.25) is 16.1 Å². The molecule has 186 valence electrons. The average Bonchev–Trinajstić information content (AvgIpc) is 3.35. The Labute approximate surface area is 207 Å². The number of hydrogen-bond donors (Lipinski definition) is 2. The molecule has 4 aromatic rings. The lowest BCUT2D eigenvalue weighted by molar-refractivity contribution is -0.138. The lowest BCUT2D eigenvalue weighted by Gasteiger charge is -2.26. The predicted molar refractivity (Wildman–Crippen MR) is 129 cm³/mol. The first-order chi connectivity index (χ1) is 17.3. The van der Waals surface area contributed by atoms with Crippen LogP contribution in [0.4, 0.5) is 35.8 Å². The first-order valence-electron chi connectivity index (χ1n) is 11.1. The summed E-state index contributed by atoms with van der Waals surface area (Å²) in [6.45, 7) is 3.62. The number of rotatable bonds is 5. The number of amides is 1. The molecular formula is C22H20F3N9OS. The number of fused-ring (bicyclic) bond motifs is 1. The quantitative estimate of drug-likeness (QED) is 0.393. The Morgan fingerprint density at radius 2 is 1.89 bits per heavy atom. The summed E-state index contributed by atoms with van der Waals surface area (Å²) in [6, 6.07) is 4.86. The Morgan fingerprint density at radius 1 is 1.08 bits per heavy atom. The number of anilines is 4. The van der Waals surface area contributed by atoms with E-state index in [1.807, 2.05) is 6.92 Å². The van der Waals surface area contributed by atoms with Crippen molar-refractivity contribution in [2.75, 3.05) is 28.6 Å². The van der Waals surface area contributed by atoms with Crippen molar-refractivity contribution in [1.29, 1.82) is 0 Å². The molecular weight excluding hydrogens is 495 g/mol. The van der Waals surface area contributed by atoms with Crippen LogP contribution in [0.5, 0.6) is 0 Å². The second-order valence-electron chi connectivity index (χ2n) is 8.19. The molecule has 0 spiro atoms. The number of alkyl halides is 3. The molecule has 0 radical (unpaired) electrons. The Bertz CT molecular complexity index is 1420. The second-order valence-corrected chi connectivity index (χ2v) is 9.17. The monoisotopic (exact) mass is 515 g/mol. The van der Waals surface area contributed by atoms with Gasteiger partial charge in [-0.25, -0.2) is 19.9 Å². The van der Waals surface area contributed by atoms with E-state index in [0.717, 1.165) is 31.5 Å². The van der Waals surface area contributed by atoms with Crippen LogP contribution in [-0.2, 0) is 6.18 Å². The van der Waals surface area contributed by atoms with Gasteiger partial charge in [-0.3, -0.25) is 10.1 Å². The summed E-state index contributed by atoms with van der Waals surface area (Å²) in [4.78, 5) is 32.6. The van der Waals surface area contributed by atoms with Gasteiger partial charge in [0.25, 0.3) is 5.91 Å². The Morgan fingerprint density at radius 3 is 2.64 bits per heavy atom. The molecule has 1 aliphatic heterocycles. The highest BCUT2D eigenvalue weighted by Crippen LogP contribution is 2.33. The van der Waals surface area contributed by atoms with Crippen LogP contribution in [0.3, 0.4) is 0 Å². The molecule has 0 saturated carbocycles. The zero-order valence-electron chi connectivity index (χ0n) is 19.0. The Balaban J connectivity index is 1.40. The van der Waals surface area contributed by atoms with Gasteiger partial charge in [0.15, 0.2) is 5.82 Å². The number of carbonyl (C=O) groups is 1. The molecule has 14 heteroatoms. The lowest BCUT2D eigenvalue weighted by Crippen LogP contribution is -2.31. The van der Waals surface area contributed by atoms with E-state index in [9.17, 15) is 18.0 Å². The topological polar surface area (TPSA) is 122 Å². The molecule has 0 aliphatic carbocycles. The molecule has 0 atom stereocenters. The molecule has 1 aromatic carbocycles. The van der Waals surface area contributed by atoms with Gasteiger partial charge in [0, 0.05) is 24.3 Å². The third-order valence-corrected chi connectivity index (χ3v) is 6.53. The van der Waals surface area contributed by atoms with E-state index in [4.69, 9.17) is 4.98 Å². The second kappa shape index (κ2) is 9.60. The van der Waals surface area contributed by atoms with Crippen LogP contribution < -0.4 is 15.5 Å². The van der Waals surface area contributed by atoms with Gasteiger partial charge in [0.05, 0.1) is 6.20 Å². The van der Waals surface area contributed by atoms with Gasteiger partial charge in [-0.1, -0.05) is 17.4 Å². The summed E-state index contributed by atoms with van der Waals surface area (Å²) < 4.78 is 38.3. The van der Waals surface area contributed by atoms with E-state index in [2.05, 4.69) is 40.7 Å². The predicted octanol–water partition coefficient (Wildman–Crippen LogP) is 4.58. The van der Waals surface area contributed by atoms with E-state index in [1.54, 1.807) is 24.4 Å². The van der Waals surface area contributed by atoms with Crippen molar-refractivity contribution in [2.24, 2.45) is 0 Å². The van der Waals surface area contributed by atoms with Crippen molar-refractivity contribution in [3.05, 3.63) is 46.9 Å². The number of carbonyl (C=O) groups excluding carboxylic acids is 1. The minimum absolute atomic E-state index is 0.217. The maximum absolute atomic E-state index is 12.8. The Hall–Kier alpha value is -3.94. The molecule has 2 N–H and O–H groups in total. The molecule has 0 bridgehead atoms. The number of nitrogens with zero attached hydrogens (tertiary/aromatic N) is 7. The first kappa shape index (κ1) is 23.8. The van der Waals surface area contributed by atoms with Crippen molar-refractivity contribution >= 4 is 50.9 Å². The molecule has 1 amide bonds. The summed E-state index contributed by atoms with van der Waals surface area (Å²) in [5.74, 6) is 0.436. The van der Waals surface area contributed by atoms with E-state index in [-0.39, 0.29) is 22.0 Å². The molecule has 10 nitrogen and oxygen atoms in total. The molecule has 4 heterocycles. The minimum atomic E-state index is -4.63. The van der Waals surface area contributed by atoms with Gasteiger partial charge < -0.3 is 10.2 Å². The van der Waals surface area contributed by atoms with Gasteiger partial charge in [0.1, 0.15) is 17.4 Å². The summed E-state index contributed by atoms with van der Waals surface area (Å²) in [7, 11) is 0. The Kier molecular flexibility index (Phi) is 6.35. The number of piperidine rings is 1. The van der Waals surface area contributed by atoms with E-state index < -0.39 is 17.1 Å². The van der Waals surface area contributed by atoms with Crippen molar-refractivity contribution in [1.82, 2.24) is 30.1 Å². The van der Waals surface area contributed by atoms with Crippen LogP contribution in [-0.4, -0.2) is 49.1 Å². The van der Waals surface area contributed by atoms with Crippen molar-refractivity contribution in [3.63, 3.8) is 0 Å². The summed E-state index contributed by atoms with van der Waals surface area (Å²) in [5, 5.41) is 10.7. The van der Waals surface area contributed by atoms with E-state index in [0.29, 0.717) is 28.5 Å². The highest BCUT2D eigenvalue weighted by Gasteiger charge is 2.35. The van der Waals surface area contributed by atoms with Gasteiger partial charge in [-0.2, -0.15) is 13.2 Å². The van der Waals surface area contributed by atoms with E-state index >= 15 is 0 Å². The maximum Gasteiger partial charge on any atom is 0.445 e. The smallest absolute Gasteiger partial charge is 0.341 e. The highest BCUT2D eigenvalue weighted by atomic mass is 32.1. The highest BCUT2D eigenvalue weighted by molar-refractivity contribution is 7.15. The summed E-state index contributed by atoms with van der Waals surface area (Å²) in [6.07, 6.45) is 1.78. The fraction of sp³-hybridized carbons (Fsp3) is 0.318. The molecule has 0 unspecified atom stereocenters. The third kappa shape index (κ3) is 5.03. The first-order valence-corrected chi connectivity index (χ1v) is 11.9. The van der Waals surface area contributed by atoms with Crippen molar-refractivity contribution in [3.8, 4) is 0 Å². The van der Waals surface area contributed by atoms with Crippen LogP contribution in [0.25, 0.3) is 11.0 Å². The fourth-order valence-electron chi connectivity index (χ4n) is 3.77. The van der Waals surface area contributed by atoms with Crippen molar-refractivity contribution < 1.29 is 18.0 Å². The number of nitrogens with one attached hydrogen (secondary N) is 2. The zero-order valence-corrected chi connectivity index (χ0v) is 19.8. The molecule has 1 fully saturated rings. The van der Waals surface area contributed by atoms with Crippen LogP contribution in [0.2, 0.25) is 0 Å². The van der Waals surface area contributed by atoms with Gasteiger partial charge >= 0.3 is 6.18 Å².